The molecular formula is C14H23N. The smallest absolute Gasteiger partial charge is 0.0407 e. The number of nitrogens with two attached hydrogens (primary N) is 1. The molecule has 1 rings (SSSR count). The first-order chi connectivity index (χ1) is 6.76. The van der Waals surface area contributed by atoms with E-state index in [1.807, 2.05) is 0 Å². The molecule has 1 aromatic rings. The van der Waals surface area contributed by atoms with Crippen LogP contribution in [0.3, 0.4) is 0 Å². The predicted molar refractivity (Wildman–Crippen MR) is 67.0 cm³/mol. The van der Waals surface area contributed by atoms with Crippen LogP contribution in [0, 0.1) is 26.7 Å². The number of benzene rings is 1. The molecule has 0 aliphatic rings. The molecule has 1 unspecified atom stereocenters. The van der Waals surface area contributed by atoms with Gasteiger partial charge in [0.25, 0.3) is 0 Å². The summed E-state index contributed by atoms with van der Waals surface area (Å²) in [5, 5.41) is 0. The topological polar surface area (TPSA) is 26.0 Å². The molecule has 1 aromatic carbocycles. The number of aryl methyl sites for hydroxylation is 3. The fourth-order valence-electron chi connectivity index (χ4n) is 1.85. The Kier molecular flexibility index (Phi) is 3.25. The Hall–Kier alpha value is -0.820. The first-order valence-corrected chi connectivity index (χ1v) is 5.64. The predicted octanol–water partition coefficient (Wildman–Crippen LogP) is 3.44. The van der Waals surface area contributed by atoms with Crippen LogP contribution < -0.4 is 5.73 Å². The number of hydrogen-bond acceptors (Lipinski definition) is 1. The summed E-state index contributed by atoms with van der Waals surface area (Å²) in [7, 11) is 0. The molecule has 0 saturated carbocycles. The van der Waals surface area contributed by atoms with E-state index in [-0.39, 0.29) is 5.54 Å². The van der Waals surface area contributed by atoms with Crippen molar-refractivity contribution in [3.05, 3.63) is 34.4 Å². The van der Waals surface area contributed by atoms with Crippen LogP contribution >= 0.6 is 0 Å². The zero-order valence-electron chi connectivity index (χ0n) is 10.8. The molecule has 1 nitrogen and oxygen atoms in total. The lowest BCUT2D eigenvalue weighted by atomic mass is 9.79. The summed E-state index contributed by atoms with van der Waals surface area (Å²) in [4.78, 5) is 0. The summed E-state index contributed by atoms with van der Waals surface area (Å²) in [5.41, 5.74) is 11.4. The lowest BCUT2D eigenvalue weighted by Crippen LogP contribution is -2.39. The highest BCUT2D eigenvalue weighted by Gasteiger charge is 2.27. The highest BCUT2D eigenvalue weighted by Crippen LogP contribution is 2.30. The van der Waals surface area contributed by atoms with E-state index in [2.05, 4.69) is 53.7 Å². The summed E-state index contributed by atoms with van der Waals surface area (Å²) in [6.45, 7) is 12.9. The quantitative estimate of drug-likeness (QED) is 0.786. The zero-order chi connectivity index (χ0) is 11.8. The molecule has 0 aliphatic heterocycles. The third-order valence-electron chi connectivity index (χ3n) is 3.62. The van der Waals surface area contributed by atoms with Crippen LogP contribution in [0.1, 0.15) is 43.0 Å². The van der Waals surface area contributed by atoms with E-state index in [0.29, 0.717) is 5.92 Å². The molecule has 1 heteroatoms. The Balaban J connectivity index is 3.32. The largest absolute Gasteiger partial charge is 0.321 e. The maximum Gasteiger partial charge on any atom is 0.0407 e. The molecule has 84 valence electrons. The Labute approximate surface area is 93.7 Å². The molecule has 0 radical (unpaired) electrons. The van der Waals surface area contributed by atoms with E-state index in [1.165, 1.54) is 22.3 Å². The average molecular weight is 205 g/mol. The van der Waals surface area contributed by atoms with Crippen molar-refractivity contribution in [2.24, 2.45) is 11.7 Å². The van der Waals surface area contributed by atoms with E-state index < -0.39 is 0 Å². The van der Waals surface area contributed by atoms with Crippen molar-refractivity contribution < 1.29 is 0 Å². The highest BCUT2D eigenvalue weighted by molar-refractivity contribution is 5.40. The molecule has 0 aliphatic carbocycles. The van der Waals surface area contributed by atoms with Gasteiger partial charge < -0.3 is 5.73 Å². The van der Waals surface area contributed by atoms with Gasteiger partial charge in [-0.05, 0) is 55.9 Å². The normalized spacial score (nSPS) is 15.5. The zero-order valence-corrected chi connectivity index (χ0v) is 10.8. The van der Waals surface area contributed by atoms with Gasteiger partial charge >= 0.3 is 0 Å². The van der Waals surface area contributed by atoms with E-state index in [1.54, 1.807) is 0 Å². The van der Waals surface area contributed by atoms with Gasteiger partial charge in [0.15, 0.2) is 0 Å². The van der Waals surface area contributed by atoms with Crippen LogP contribution in [-0.2, 0) is 5.54 Å². The minimum absolute atomic E-state index is 0.234. The fraction of sp³-hybridized carbons (Fsp3) is 0.571. The lowest BCUT2D eigenvalue weighted by Gasteiger charge is -2.32. The second-order valence-electron chi connectivity index (χ2n) is 5.19. The SMILES string of the molecule is Cc1cc(C)c(C(C)(N)C(C)C)cc1C. The average Bonchev–Trinajstić information content (AvgIpc) is 2.10. The van der Waals surface area contributed by atoms with Gasteiger partial charge in [0.1, 0.15) is 0 Å². The maximum absolute atomic E-state index is 6.40. The van der Waals surface area contributed by atoms with Crippen LogP contribution in [0.5, 0.6) is 0 Å². The second-order valence-corrected chi connectivity index (χ2v) is 5.19. The summed E-state index contributed by atoms with van der Waals surface area (Å²) < 4.78 is 0. The summed E-state index contributed by atoms with van der Waals surface area (Å²) >= 11 is 0. The Morgan fingerprint density at radius 2 is 1.47 bits per heavy atom. The van der Waals surface area contributed by atoms with E-state index >= 15 is 0 Å². The second kappa shape index (κ2) is 3.97. The van der Waals surface area contributed by atoms with E-state index in [0.717, 1.165) is 0 Å². The highest BCUT2D eigenvalue weighted by atomic mass is 14.7. The Morgan fingerprint density at radius 3 is 1.93 bits per heavy atom. The molecule has 0 heterocycles. The van der Waals surface area contributed by atoms with Crippen molar-refractivity contribution >= 4 is 0 Å². The third-order valence-corrected chi connectivity index (χ3v) is 3.62. The van der Waals surface area contributed by atoms with E-state index in [4.69, 9.17) is 5.73 Å². The lowest BCUT2D eigenvalue weighted by molar-refractivity contribution is 0.349. The Bertz CT molecular complexity index is 362. The Morgan fingerprint density at radius 1 is 1.00 bits per heavy atom. The van der Waals surface area contributed by atoms with Crippen molar-refractivity contribution in [3.63, 3.8) is 0 Å². The molecule has 1 atom stereocenters. The maximum atomic E-state index is 6.40. The van der Waals surface area contributed by atoms with Crippen molar-refractivity contribution in [2.45, 2.75) is 47.1 Å². The first-order valence-electron chi connectivity index (χ1n) is 5.64. The molecule has 0 saturated heterocycles. The van der Waals surface area contributed by atoms with E-state index in [9.17, 15) is 0 Å². The summed E-state index contributed by atoms with van der Waals surface area (Å²) in [6.07, 6.45) is 0. The molecule has 0 aromatic heterocycles. The van der Waals surface area contributed by atoms with Crippen molar-refractivity contribution in [3.8, 4) is 0 Å². The van der Waals surface area contributed by atoms with Crippen molar-refractivity contribution in [2.75, 3.05) is 0 Å². The standard InChI is InChI=1S/C14H23N/c1-9(2)14(6,15)13-8-11(4)10(3)7-12(13)5/h7-9H,15H2,1-6H3. The van der Waals surface area contributed by atoms with Gasteiger partial charge in [-0.2, -0.15) is 0 Å². The van der Waals surface area contributed by atoms with Gasteiger partial charge in [0.2, 0.25) is 0 Å². The van der Waals surface area contributed by atoms with Gasteiger partial charge in [-0.3, -0.25) is 0 Å². The van der Waals surface area contributed by atoms with Crippen LogP contribution in [-0.4, -0.2) is 0 Å². The van der Waals surface area contributed by atoms with Crippen LogP contribution in [0.25, 0.3) is 0 Å². The van der Waals surface area contributed by atoms with Gasteiger partial charge in [-0.1, -0.05) is 26.0 Å². The molecule has 0 fully saturated rings. The van der Waals surface area contributed by atoms with Crippen LogP contribution in [0.15, 0.2) is 12.1 Å². The molecule has 15 heavy (non-hydrogen) atoms. The van der Waals surface area contributed by atoms with Gasteiger partial charge in [0, 0.05) is 5.54 Å². The third kappa shape index (κ3) is 2.23. The molecule has 0 amide bonds. The minimum Gasteiger partial charge on any atom is -0.321 e. The number of hydrogen-bond donors (Lipinski definition) is 1. The molecular weight excluding hydrogens is 182 g/mol. The summed E-state index contributed by atoms with van der Waals surface area (Å²) in [5.74, 6) is 0.443. The molecule has 0 spiro atoms. The first kappa shape index (κ1) is 12.3. The monoisotopic (exact) mass is 205 g/mol. The van der Waals surface area contributed by atoms with Crippen LogP contribution in [0.4, 0.5) is 0 Å². The molecule has 0 bridgehead atoms. The van der Waals surface area contributed by atoms with Crippen LogP contribution in [0.2, 0.25) is 0 Å². The summed E-state index contributed by atoms with van der Waals surface area (Å²) in [6, 6.07) is 4.48. The van der Waals surface area contributed by atoms with Gasteiger partial charge in [0.05, 0.1) is 0 Å². The van der Waals surface area contributed by atoms with Crippen molar-refractivity contribution in [1.29, 1.82) is 0 Å². The molecule has 2 N–H and O–H groups in total. The van der Waals surface area contributed by atoms with Crippen molar-refractivity contribution in [1.82, 2.24) is 0 Å². The van der Waals surface area contributed by atoms with Gasteiger partial charge in [-0.15, -0.1) is 0 Å². The fourth-order valence-corrected chi connectivity index (χ4v) is 1.85. The minimum atomic E-state index is -0.234. The number of rotatable bonds is 2. The van der Waals surface area contributed by atoms with Gasteiger partial charge in [-0.25, -0.2) is 0 Å².